The molecule has 3 rings (SSSR count). The van der Waals surface area contributed by atoms with Gasteiger partial charge in [-0.3, -0.25) is 5.10 Å². The minimum atomic E-state index is -0.305. The molecule has 0 saturated heterocycles. The molecule has 116 valence electrons. The molecule has 0 fully saturated rings. The molecule has 5 nitrogen and oxygen atoms in total. The van der Waals surface area contributed by atoms with Crippen molar-refractivity contribution in [1.82, 2.24) is 15.5 Å². The number of fused-ring (bicyclic) bond motifs is 1. The first-order chi connectivity index (χ1) is 10.7. The topological polar surface area (TPSA) is 69.8 Å². The minimum Gasteiger partial charge on any atom is -0.335 e. The maximum absolute atomic E-state index is 13.7. The van der Waals surface area contributed by atoms with Crippen molar-refractivity contribution in [3.8, 4) is 0 Å². The maximum Gasteiger partial charge on any atom is 0.319 e. The zero-order valence-electron chi connectivity index (χ0n) is 12.4. The van der Waals surface area contributed by atoms with Gasteiger partial charge in [0.2, 0.25) is 0 Å². The highest BCUT2D eigenvalue weighted by Crippen LogP contribution is 2.19. The largest absolute Gasteiger partial charge is 0.335 e. The Kier molecular flexibility index (Phi) is 4.09. The molecule has 1 heterocycles. The monoisotopic (exact) mass is 302 g/mol. The Morgan fingerprint density at radius 2 is 2.36 bits per heavy atom. The van der Waals surface area contributed by atoms with Gasteiger partial charge >= 0.3 is 6.03 Å². The van der Waals surface area contributed by atoms with Crippen molar-refractivity contribution in [2.24, 2.45) is 0 Å². The third-order valence-electron chi connectivity index (χ3n) is 4.04. The molecule has 2 amide bonds. The van der Waals surface area contributed by atoms with E-state index in [1.807, 2.05) is 6.92 Å². The number of amides is 2. The molecule has 1 aliphatic carbocycles. The van der Waals surface area contributed by atoms with Gasteiger partial charge in [-0.1, -0.05) is 13.0 Å². The van der Waals surface area contributed by atoms with Gasteiger partial charge in [0, 0.05) is 17.4 Å². The van der Waals surface area contributed by atoms with Gasteiger partial charge in [0.1, 0.15) is 5.82 Å². The number of carbonyl (C=O) groups is 1. The molecule has 0 saturated carbocycles. The zero-order chi connectivity index (χ0) is 15.5. The molecular weight excluding hydrogens is 283 g/mol. The number of aromatic amines is 1. The number of nitrogens with one attached hydrogen (secondary N) is 3. The van der Waals surface area contributed by atoms with Crippen molar-refractivity contribution in [2.75, 3.05) is 5.32 Å². The Morgan fingerprint density at radius 3 is 3.14 bits per heavy atom. The molecule has 6 heteroatoms. The predicted molar refractivity (Wildman–Crippen MR) is 82.3 cm³/mol. The van der Waals surface area contributed by atoms with E-state index in [1.54, 1.807) is 18.3 Å². The van der Waals surface area contributed by atoms with Crippen molar-refractivity contribution in [1.29, 1.82) is 0 Å². The lowest BCUT2D eigenvalue weighted by molar-refractivity contribution is 0.247. The zero-order valence-corrected chi connectivity index (χ0v) is 12.4. The van der Waals surface area contributed by atoms with Crippen molar-refractivity contribution in [3.05, 3.63) is 47.0 Å². The molecule has 0 bridgehead atoms. The van der Waals surface area contributed by atoms with E-state index < -0.39 is 0 Å². The van der Waals surface area contributed by atoms with Gasteiger partial charge in [-0.25, -0.2) is 9.18 Å². The van der Waals surface area contributed by atoms with Crippen LogP contribution < -0.4 is 10.6 Å². The van der Waals surface area contributed by atoms with Crippen molar-refractivity contribution < 1.29 is 9.18 Å². The van der Waals surface area contributed by atoms with Crippen LogP contribution in [-0.2, 0) is 19.3 Å². The molecule has 3 N–H and O–H groups in total. The van der Waals surface area contributed by atoms with Crippen LogP contribution in [0.25, 0.3) is 0 Å². The molecule has 1 aromatic heterocycles. The van der Waals surface area contributed by atoms with E-state index in [9.17, 15) is 9.18 Å². The summed E-state index contributed by atoms with van der Waals surface area (Å²) in [4.78, 5) is 12.0. The van der Waals surface area contributed by atoms with Gasteiger partial charge < -0.3 is 10.6 Å². The Balaban J connectivity index is 1.58. The highest BCUT2D eigenvalue weighted by molar-refractivity contribution is 5.89. The number of anilines is 1. The number of rotatable bonds is 3. The average molecular weight is 302 g/mol. The molecule has 0 radical (unpaired) electrons. The lowest BCUT2D eigenvalue weighted by atomic mass is 9.94. The van der Waals surface area contributed by atoms with Gasteiger partial charge in [-0.05, 0) is 48.9 Å². The van der Waals surface area contributed by atoms with Crippen LogP contribution in [0, 0.1) is 5.82 Å². The van der Waals surface area contributed by atoms with Crippen LogP contribution in [0.3, 0.4) is 0 Å². The lowest BCUT2D eigenvalue weighted by Crippen LogP contribution is -2.41. The number of H-pyrrole nitrogens is 1. The highest BCUT2D eigenvalue weighted by Gasteiger charge is 2.21. The van der Waals surface area contributed by atoms with Crippen LogP contribution in [-0.4, -0.2) is 22.3 Å². The lowest BCUT2D eigenvalue weighted by Gasteiger charge is -2.23. The summed E-state index contributed by atoms with van der Waals surface area (Å²) in [6.45, 7) is 1.89. The van der Waals surface area contributed by atoms with Crippen LogP contribution >= 0.6 is 0 Å². The standard InChI is InChI=1S/C16H19FN4O/c1-2-10-3-4-13(8-14(10)17)20-16(22)19-12-5-6-15-11(7-12)9-18-21-15/h3-4,8-9,12H,2,5-7H2,1H3,(H,18,21)(H2,19,20,22)/t12-/m1/s1. The smallest absolute Gasteiger partial charge is 0.319 e. The van der Waals surface area contributed by atoms with Crippen LogP contribution in [0.2, 0.25) is 0 Å². The number of hydrogen-bond acceptors (Lipinski definition) is 2. The number of halogens is 1. The number of hydrogen-bond donors (Lipinski definition) is 3. The van der Waals surface area contributed by atoms with Crippen molar-refractivity contribution >= 4 is 11.7 Å². The number of aromatic nitrogens is 2. The summed E-state index contributed by atoms with van der Waals surface area (Å²) < 4.78 is 13.7. The minimum absolute atomic E-state index is 0.0739. The van der Waals surface area contributed by atoms with Gasteiger partial charge in [0.15, 0.2) is 0 Å². The Labute approximate surface area is 128 Å². The van der Waals surface area contributed by atoms with Crippen LogP contribution in [0.4, 0.5) is 14.9 Å². The average Bonchev–Trinajstić information content (AvgIpc) is 2.95. The Morgan fingerprint density at radius 1 is 1.50 bits per heavy atom. The SMILES string of the molecule is CCc1ccc(NC(=O)N[C@@H]2CCc3[nH]ncc3C2)cc1F. The van der Waals surface area contributed by atoms with E-state index >= 15 is 0 Å². The van der Waals surface area contributed by atoms with Gasteiger partial charge in [0.25, 0.3) is 0 Å². The van der Waals surface area contributed by atoms with Crippen LogP contribution in [0.1, 0.15) is 30.2 Å². The van der Waals surface area contributed by atoms with E-state index in [0.29, 0.717) is 17.7 Å². The maximum atomic E-state index is 13.7. The Bertz CT molecular complexity index is 683. The fourth-order valence-corrected chi connectivity index (χ4v) is 2.80. The van der Waals surface area contributed by atoms with Crippen molar-refractivity contribution in [3.63, 3.8) is 0 Å². The van der Waals surface area contributed by atoms with Crippen LogP contribution in [0.15, 0.2) is 24.4 Å². The summed E-state index contributed by atoms with van der Waals surface area (Å²) in [6.07, 6.45) is 4.95. The quantitative estimate of drug-likeness (QED) is 0.816. The number of nitrogens with zero attached hydrogens (tertiary/aromatic N) is 1. The third kappa shape index (κ3) is 3.10. The second-order valence-corrected chi connectivity index (χ2v) is 5.57. The predicted octanol–water partition coefficient (Wildman–Crippen LogP) is 2.79. The number of carbonyl (C=O) groups excluding carboxylic acids is 1. The molecule has 22 heavy (non-hydrogen) atoms. The van der Waals surface area contributed by atoms with E-state index in [0.717, 1.165) is 30.5 Å². The first kappa shape index (κ1) is 14.6. The molecule has 2 aromatic rings. The molecule has 0 unspecified atom stereocenters. The molecule has 1 atom stereocenters. The van der Waals surface area contributed by atoms with Gasteiger partial charge in [0.05, 0.1) is 6.20 Å². The number of urea groups is 1. The molecule has 0 aliphatic heterocycles. The fraction of sp³-hybridized carbons (Fsp3) is 0.375. The van der Waals surface area contributed by atoms with E-state index in [4.69, 9.17) is 0 Å². The Hall–Kier alpha value is -2.37. The first-order valence-electron chi connectivity index (χ1n) is 7.52. The highest BCUT2D eigenvalue weighted by atomic mass is 19.1. The fourth-order valence-electron chi connectivity index (χ4n) is 2.80. The van der Waals surface area contributed by atoms with Gasteiger partial charge in [-0.15, -0.1) is 0 Å². The summed E-state index contributed by atoms with van der Waals surface area (Å²) in [6, 6.07) is 4.54. The first-order valence-corrected chi connectivity index (χ1v) is 7.52. The van der Waals surface area contributed by atoms with Gasteiger partial charge in [-0.2, -0.15) is 5.10 Å². The summed E-state index contributed by atoms with van der Waals surface area (Å²) >= 11 is 0. The summed E-state index contributed by atoms with van der Waals surface area (Å²) in [5.74, 6) is -0.291. The summed E-state index contributed by atoms with van der Waals surface area (Å²) in [5, 5.41) is 12.6. The summed E-state index contributed by atoms with van der Waals surface area (Å²) in [7, 11) is 0. The molecule has 1 aliphatic rings. The van der Waals surface area contributed by atoms with E-state index in [2.05, 4.69) is 20.8 Å². The molecule has 1 aromatic carbocycles. The molecule has 0 spiro atoms. The summed E-state index contributed by atoms with van der Waals surface area (Å²) in [5.41, 5.74) is 3.41. The van der Waals surface area contributed by atoms with Crippen LogP contribution in [0.5, 0.6) is 0 Å². The second-order valence-electron chi connectivity index (χ2n) is 5.57. The van der Waals surface area contributed by atoms with E-state index in [-0.39, 0.29) is 17.9 Å². The van der Waals surface area contributed by atoms with Crippen molar-refractivity contribution in [2.45, 2.75) is 38.6 Å². The second kappa shape index (κ2) is 6.17. The normalized spacial score (nSPS) is 16.9. The number of aryl methyl sites for hydroxylation is 2. The third-order valence-corrected chi connectivity index (χ3v) is 4.04. The van der Waals surface area contributed by atoms with E-state index in [1.165, 1.54) is 6.07 Å². The number of benzene rings is 1. The molecular formula is C16H19FN4O.